The van der Waals surface area contributed by atoms with Gasteiger partial charge in [-0.1, -0.05) is 6.07 Å². The van der Waals surface area contributed by atoms with Crippen LogP contribution in [0.3, 0.4) is 0 Å². The average molecular weight is 427 g/mol. The first-order valence-electron chi connectivity index (χ1n) is 8.66. The van der Waals surface area contributed by atoms with E-state index in [4.69, 9.17) is 17.0 Å². The third-order valence-electron chi connectivity index (χ3n) is 4.24. The number of amides is 1. The van der Waals surface area contributed by atoms with Gasteiger partial charge in [0, 0.05) is 18.7 Å². The summed E-state index contributed by atoms with van der Waals surface area (Å²) in [6, 6.07) is 8.25. The minimum Gasteiger partial charge on any atom is -0.378 e. The first kappa shape index (κ1) is 21.0. The summed E-state index contributed by atoms with van der Waals surface area (Å²) in [5.74, 6) is -1.27. The maximum atomic E-state index is 13.3. The molecule has 2 aromatic rings. The first-order chi connectivity index (χ1) is 13.7. The van der Waals surface area contributed by atoms with Crippen molar-refractivity contribution in [3.05, 3.63) is 59.4 Å². The van der Waals surface area contributed by atoms with E-state index in [1.807, 2.05) is 4.90 Å². The van der Waals surface area contributed by atoms with Crippen LogP contribution in [-0.4, -0.2) is 37.3 Å². The second-order valence-corrected chi connectivity index (χ2v) is 6.66. The van der Waals surface area contributed by atoms with Crippen molar-refractivity contribution in [1.82, 2.24) is 5.32 Å². The number of halogens is 4. The van der Waals surface area contributed by atoms with Crippen LogP contribution in [0.5, 0.6) is 0 Å². The molecular formula is C19H17F4N3O2S. The lowest BCUT2D eigenvalue weighted by Gasteiger charge is -2.31. The molecule has 3 rings (SSSR count). The van der Waals surface area contributed by atoms with Gasteiger partial charge in [-0.3, -0.25) is 10.1 Å². The number of carbonyl (C=O) groups is 1. The summed E-state index contributed by atoms with van der Waals surface area (Å²) in [6.45, 7) is 1.90. The van der Waals surface area contributed by atoms with Gasteiger partial charge in [0.2, 0.25) is 0 Å². The Bertz CT molecular complexity index is 915. The van der Waals surface area contributed by atoms with E-state index >= 15 is 0 Å². The van der Waals surface area contributed by atoms with Gasteiger partial charge in [0.05, 0.1) is 30.2 Å². The molecule has 2 N–H and O–H groups in total. The maximum absolute atomic E-state index is 13.3. The molecule has 1 fully saturated rings. The van der Waals surface area contributed by atoms with Gasteiger partial charge in [-0.25, -0.2) is 4.39 Å². The van der Waals surface area contributed by atoms with E-state index in [0.717, 1.165) is 18.2 Å². The Morgan fingerprint density at radius 1 is 1.10 bits per heavy atom. The number of anilines is 2. The van der Waals surface area contributed by atoms with Gasteiger partial charge in [0.1, 0.15) is 5.82 Å². The van der Waals surface area contributed by atoms with E-state index in [-0.39, 0.29) is 16.4 Å². The Balaban J connectivity index is 1.81. The van der Waals surface area contributed by atoms with E-state index in [2.05, 4.69) is 10.6 Å². The Morgan fingerprint density at radius 2 is 1.83 bits per heavy atom. The summed E-state index contributed by atoms with van der Waals surface area (Å²) in [5.41, 5.74) is -0.210. The zero-order chi connectivity index (χ0) is 21.0. The molecule has 154 valence electrons. The lowest BCUT2D eigenvalue weighted by molar-refractivity contribution is -0.137. The molecule has 0 radical (unpaired) electrons. The van der Waals surface area contributed by atoms with Crippen LogP contribution in [0.1, 0.15) is 15.9 Å². The van der Waals surface area contributed by atoms with Gasteiger partial charge >= 0.3 is 6.18 Å². The number of nitrogens with zero attached hydrogens (tertiary/aromatic N) is 1. The summed E-state index contributed by atoms with van der Waals surface area (Å²) in [6.07, 6.45) is -4.54. The van der Waals surface area contributed by atoms with Crippen molar-refractivity contribution in [3.63, 3.8) is 0 Å². The molecule has 1 aliphatic rings. The quantitative estimate of drug-likeness (QED) is 0.577. The number of carbonyl (C=O) groups excluding carboxylic acids is 1. The number of nitrogens with one attached hydrogen (secondary N) is 2. The molecule has 10 heteroatoms. The molecule has 1 aliphatic heterocycles. The number of thiocarbonyl (C=S) groups is 1. The molecule has 0 aliphatic carbocycles. The minimum absolute atomic E-state index is 0.0339. The standard InChI is InChI=1S/C19H17F4N3O2S/c20-14-3-1-2-12(10-14)17(27)25-18(29)24-15-11-13(19(21,22)23)4-5-16(15)26-6-8-28-9-7-26/h1-5,10-11H,6-9H2,(H2,24,25,27,29). The normalized spacial score (nSPS) is 14.4. The van der Waals surface area contributed by atoms with Crippen molar-refractivity contribution < 1.29 is 27.1 Å². The second kappa shape index (κ2) is 8.75. The summed E-state index contributed by atoms with van der Waals surface area (Å²) >= 11 is 5.08. The Morgan fingerprint density at radius 3 is 2.48 bits per heavy atom. The number of ether oxygens (including phenoxy) is 1. The molecule has 0 aromatic heterocycles. The fourth-order valence-electron chi connectivity index (χ4n) is 2.85. The van der Waals surface area contributed by atoms with Crippen LogP contribution < -0.4 is 15.5 Å². The number of alkyl halides is 3. The van der Waals surface area contributed by atoms with Crippen LogP contribution in [0.2, 0.25) is 0 Å². The van der Waals surface area contributed by atoms with Crippen molar-refractivity contribution in [3.8, 4) is 0 Å². The van der Waals surface area contributed by atoms with E-state index in [1.54, 1.807) is 0 Å². The largest absolute Gasteiger partial charge is 0.416 e. The SMILES string of the molecule is O=C(NC(=S)Nc1cc(C(F)(F)F)ccc1N1CCOCC1)c1cccc(F)c1. The molecule has 0 unspecified atom stereocenters. The van der Waals surface area contributed by atoms with Crippen molar-refractivity contribution in [2.24, 2.45) is 0 Å². The highest BCUT2D eigenvalue weighted by Crippen LogP contribution is 2.35. The lowest BCUT2D eigenvalue weighted by Crippen LogP contribution is -2.38. The van der Waals surface area contributed by atoms with Crippen LogP contribution >= 0.6 is 12.2 Å². The summed E-state index contributed by atoms with van der Waals surface area (Å²) < 4.78 is 58.0. The van der Waals surface area contributed by atoms with Gasteiger partial charge in [-0.05, 0) is 48.6 Å². The van der Waals surface area contributed by atoms with Crippen molar-refractivity contribution in [2.75, 3.05) is 36.5 Å². The van der Waals surface area contributed by atoms with Gasteiger partial charge in [0.25, 0.3) is 5.91 Å². The monoisotopic (exact) mass is 427 g/mol. The van der Waals surface area contributed by atoms with Crippen LogP contribution in [0.4, 0.5) is 28.9 Å². The first-order valence-corrected chi connectivity index (χ1v) is 9.07. The number of benzene rings is 2. The summed E-state index contributed by atoms with van der Waals surface area (Å²) in [4.78, 5) is 14.1. The highest BCUT2D eigenvalue weighted by atomic mass is 32.1. The second-order valence-electron chi connectivity index (χ2n) is 6.25. The zero-order valence-electron chi connectivity index (χ0n) is 15.1. The minimum atomic E-state index is -4.54. The van der Waals surface area contributed by atoms with Crippen LogP contribution in [0.15, 0.2) is 42.5 Å². The number of rotatable bonds is 3. The highest BCUT2D eigenvalue weighted by Gasteiger charge is 2.31. The topological polar surface area (TPSA) is 53.6 Å². The molecule has 0 bridgehead atoms. The third-order valence-corrected chi connectivity index (χ3v) is 4.44. The van der Waals surface area contributed by atoms with Gasteiger partial charge in [0.15, 0.2) is 5.11 Å². The molecule has 0 atom stereocenters. The highest BCUT2D eigenvalue weighted by molar-refractivity contribution is 7.80. The Labute approximate surface area is 169 Å². The molecule has 0 saturated carbocycles. The summed E-state index contributed by atoms with van der Waals surface area (Å²) in [7, 11) is 0. The zero-order valence-corrected chi connectivity index (χ0v) is 15.9. The Kier molecular flexibility index (Phi) is 6.33. The van der Waals surface area contributed by atoms with Crippen LogP contribution in [-0.2, 0) is 10.9 Å². The summed E-state index contributed by atoms with van der Waals surface area (Å²) in [5, 5.41) is 4.81. The molecule has 1 amide bonds. The number of morpholine rings is 1. The van der Waals surface area contributed by atoms with Crippen molar-refractivity contribution >= 4 is 34.6 Å². The smallest absolute Gasteiger partial charge is 0.378 e. The molecule has 0 spiro atoms. The fourth-order valence-corrected chi connectivity index (χ4v) is 3.05. The lowest BCUT2D eigenvalue weighted by atomic mass is 10.1. The molecule has 1 heterocycles. The molecule has 1 saturated heterocycles. The van der Waals surface area contributed by atoms with E-state index in [1.165, 1.54) is 24.3 Å². The predicted molar refractivity (Wildman–Crippen MR) is 105 cm³/mol. The van der Waals surface area contributed by atoms with Crippen LogP contribution in [0, 0.1) is 5.82 Å². The predicted octanol–water partition coefficient (Wildman–Crippen LogP) is 3.81. The average Bonchev–Trinajstić information content (AvgIpc) is 2.68. The molecular weight excluding hydrogens is 410 g/mol. The molecule has 29 heavy (non-hydrogen) atoms. The number of hydrogen-bond acceptors (Lipinski definition) is 4. The van der Waals surface area contributed by atoms with Gasteiger partial charge in [-0.15, -0.1) is 0 Å². The van der Waals surface area contributed by atoms with E-state index < -0.39 is 23.5 Å². The third kappa shape index (κ3) is 5.42. The van der Waals surface area contributed by atoms with Crippen molar-refractivity contribution in [2.45, 2.75) is 6.18 Å². The van der Waals surface area contributed by atoms with Gasteiger partial charge < -0.3 is 15.0 Å². The molecule has 5 nitrogen and oxygen atoms in total. The van der Waals surface area contributed by atoms with Gasteiger partial charge in [-0.2, -0.15) is 13.2 Å². The van der Waals surface area contributed by atoms with Crippen molar-refractivity contribution in [1.29, 1.82) is 0 Å². The number of hydrogen-bond donors (Lipinski definition) is 2. The van der Waals surface area contributed by atoms with Crippen LogP contribution in [0.25, 0.3) is 0 Å². The molecule has 2 aromatic carbocycles. The van der Waals surface area contributed by atoms with E-state index in [0.29, 0.717) is 32.0 Å². The van der Waals surface area contributed by atoms with E-state index in [9.17, 15) is 22.4 Å². The Hall–Kier alpha value is -2.72. The maximum Gasteiger partial charge on any atom is 0.416 e. The fraction of sp³-hybridized carbons (Fsp3) is 0.263.